The Labute approximate surface area is 122 Å². The molecule has 1 aliphatic rings. The van der Waals surface area contributed by atoms with Crippen LogP contribution in [0.25, 0.3) is 0 Å². The summed E-state index contributed by atoms with van der Waals surface area (Å²) < 4.78 is 14.0. The number of nitrogens with zero attached hydrogens (tertiary/aromatic N) is 2. The predicted molar refractivity (Wildman–Crippen MR) is 77.7 cm³/mol. The van der Waals surface area contributed by atoms with E-state index in [-0.39, 0.29) is 5.82 Å². The lowest BCUT2D eigenvalue weighted by Crippen LogP contribution is -2.25. The predicted octanol–water partition coefficient (Wildman–Crippen LogP) is 3.92. The average molecular weight is 286 g/mol. The molecule has 1 aromatic carbocycles. The second-order valence-corrected chi connectivity index (χ2v) is 6.17. The third-order valence-electron chi connectivity index (χ3n) is 3.56. The molecule has 0 spiro atoms. The molecule has 2 nitrogen and oxygen atoms in total. The molecule has 0 unspecified atom stereocenters. The smallest absolute Gasteiger partial charge is 0.129 e. The van der Waals surface area contributed by atoms with Crippen molar-refractivity contribution in [3.8, 4) is 6.07 Å². The first-order chi connectivity index (χ1) is 9.76. The lowest BCUT2D eigenvalue weighted by atomic mass is 10.1. The molecule has 20 heavy (non-hydrogen) atoms. The summed E-state index contributed by atoms with van der Waals surface area (Å²) in [6.07, 6.45) is 2.40. The topological polar surface area (TPSA) is 27.0 Å². The average Bonchev–Trinajstić information content (AvgIpc) is 3.18. The van der Waals surface area contributed by atoms with Gasteiger partial charge in [-0.2, -0.15) is 5.26 Å². The van der Waals surface area contributed by atoms with E-state index in [1.54, 1.807) is 23.5 Å². The van der Waals surface area contributed by atoms with Crippen molar-refractivity contribution in [2.75, 3.05) is 0 Å². The molecule has 1 aliphatic carbocycles. The number of halogens is 1. The van der Waals surface area contributed by atoms with Crippen LogP contribution in [0.15, 0.2) is 35.7 Å². The monoisotopic (exact) mass is 286 g/mol. The Morgan fingerprint density at radius 1 is 1.30 bits per heavy atom. The number of nitriles is 1. The van der Waals surface area contributed by atoms with Gasteiger partial charge in [0.2, 0.25) is 0 Å². The lowest BCUT2D eigenvalue weighted by Gasteiger charge is -2.21. The summed E-state index contributed by atoms with van der Waals surface area (Å²) in [6, 6.07) is 11.5. The SMILES string of the molecule is N#Cc1ccc(CN(Cc2cccs2)C2CC2)c(F)c1. The van der Waals surface area contributed by atoms with E-state index in [1.807, 2.05) is 12.1 Å². The number of thiophene rings is 1. The minimum Gasteiger partial charge on any atom is -0.291 e. The van der Waals surface area contributed by atoms with Gasteiger partial charge >= 0.3 is 0 Å². The Balaban J connectivity index is 1.75. The fraction of sp³-hybridized carbons (Fsp3) is 0.312. The van der Waals surface area contributed by atoms with Gasteiger partial charge in [-0.05, 0) is 36.4 Å². The van der Waals surface area contributed by atoms with Crippen LogP contribution >= 0.6 is 11.3 Å². The minimum atomic E-state index is -0.277. The molecule has 0 N–H and O–H groups in total. The molecule has 3 rings (SSSR count). The molecule has 0 atom stereocenters. The van der Waals surface area contributed by atoms with Crippen LogP contribution in [0.3, 0.4) is 0 Å². The fourth-order valence-electron chi connectivity index (χ4n) is 2.32. The third kappa shape index (κ3) is 3.06. The molecule has 0 radical (unpaired) electrons. The number of hydrogen-bond donors (Lipinski definition) is 0. The van der Waals surface area contributed by atoms with E-state index in [2.05, 4.69) is 16.3 Å². The first-order valence-electron chi connectivity index (χ1n) is 6.71. The van der Waals surface area contributed by atoms with Crippen LogP contribution in [0.4, 0.5) is 4.39 Å². The molecule has 102 valence electrons. The summed E-state index contributed by atoms with van der Waals surface area (Å²) in [5, 5.41) is 10.9. The van der Waals surface area contributed by atoms with Crippen molar-refractivity contribution in [3.05, 3.63) is 57.5 Å². The summed E-state index contributed by atoms with van der Waals surface area (Å²) >= 11 is 1.74. The van der Waals surface area contributed by atoms with Crippen molar-refractivity contribution in [2.24, 2.45) is 0 Å². The molecule has 4 heteroatoms. The Morgan fingerprint density at radius 2 is 2.15 bits per heavy atom. The van der Waals surface area contributed by atoms with Crippen molar-refractivity contribution in [1.82, 2.24) is 4.90 Å². The fourth-order valence-corrected chi connectivity index (χ4v) is 3.05. The largest absolute Gasteiger partial charge is 0.291 e. The summed E-state index contributed by atoms with van der Waals surface area (Å²) in [4.78, 5) is 3.64. The first kappa shape index (κ1) is 13.3. The normalized spacial score (nSPS) is 14.4. The molecular formula is C16H15FN2S. The zero-order valence-corrected chi connectivity index (χ0v) is 11.9. The summed E-state index contributed by atoms with van der Waals surface area (Å²) in [7, 11) is 0. The Morgan fingerprint density at radius 3 is 2.75 bits per heavy atom. The second kappa shape index (κ2) is 5.74. The van der Waals surface area contributed by atoms with Crippen molar-refractivity contribution in [3.63, 3.8) is 0 Å². The van der Waals surface area contributed by atoms with Crippen LogP contribution in [-0.2, 0) is 13.1 Å². The van der Waals surface area contributed by atoms with Crippen molar-refractivity contribution in [2.45, 2.75) is 32.0 Å². The van der Waals surface area contributed by atoms with Crippen LogP contribution in [0.5, 0.6) is 0 Å². The van der Waals surface area contributed by atoms with Crippen LogP contribution < -0.4 is 0 Å². The first-order valence-corrected chi connectivity index (χ1v) is 7.59. The molecular weight excluding hydrogens is 271 g/mol. The van der Waals surface area contributed by atoms with Crippen molar-refractivity contribution >= 4 is 11.3 Å². The molecule has 0 aliphatic heterocycles. The Hall–Kier alpha value is -1.70. The quantitative estimate of drug-likeness (QED) is 0.833. The lowest BCUT2D eigenvalue weighted by molar-refractivity contribution is 0.244. The van der Waals surface area contributed by atoms with Crippen LogP contribution in [-0.4, -0.2) is 10.9 Å². The molecule has 1 aromatic heterocycles. The minimum absolute atomic E-state index is 0.277. The highest BCUT2D eigenvalue weighted by molar-refractivity contribution is 7.09. The van der Waals surface area contributed by atoms with Gasteiger partial charge in [-0.25, -0.2) is 4.39 Å². The summed E-state index contributed by atoms with van der Waals surface area (Å²) in [6.45, 7) is 1.49. The number of benzene rings is 1. The maximum absolute atomic E-state index is 14.0. The molecule has 2 aromatic rings. The molecule has 1 saturated carbocycles. The van der Waals surface area contributed by atoms with Gasteiger partial charge in [0.05, 0.1) is 11.6 Å². The zero-order valence-electron chi connectivity index (χ0n) is 11.1. The van der Waals surface area contributed by atoms with Gasteiger partial charge in [-0.1, -0.05) is 12.1 Å². The molecule has 0 saturated heterocycles. The van der Waals surface area contributed by atoms with E-state index in [1.165, 1.54) is 23.8 Å². The van der Waals surface area contributed by atoms with Gasteiger partial charge in [-0.15, -0.1) is 11.3 Å². The second-order valence-electron chi connectivity index (χ2n) is 5.13. The Bertz CT molecular complexity index is 626. The van der Waals surface area contributed by atoms with Crippen LogP contribution in [0.2, 0.25) is 0 Å². The van der Waals surface area contributed by atoms with Gasteiger partial charge in [0.25, 0.3) is 0 Å². The van der Waals surface area contributed by atoms with E-state index in [0.717, 1.165) is 6.54 Å². The molecule has 1 fully saturated rings. The van der Waals surface area contributed by atoms with Crippen LogP contribution in [0.1, 0.15) is 28.8 Å². The van der Waals surface area contributed by atoms with E-state index in [9.17, 15) is 4.39 Å². The van der Waals surface area contributed by atoms with Gasteiger partial charge in [0.15, 0.2) is 0 Å². The Kier molecular flexibility index (Phi) is 3.81. The van der Waals surface area contributed by atoms with Crippen molar-refractivity contribution < 1.29 is 4.39 Å². The molecule has 0 amide bonds. The summed E-state index contributed by atoms with van der Waals surface area (Å²) in [5.74, 6) is -0.277. The zero-order chi connectivity index (χ0) is 13.9. The maximum Gasteiger partial charge on any atom is 0.129 e. The highest BCUT2D eigenvalue weighted by Crippen LogP contribution is 2.31. The maximum atomic E-state index is 14.0. The van der Waals surface area contributed by atoms with Crippen LogP contribution in [0, 0.1) is 17.1 Å². The van der Waals surface area contributed by atoms with E-state index >= 15 is 0 Å². The standard InChI is InChI=1S/C16H15FN2S/c17-16-8-12(9-18)3-4-13(16)10-19(14-5-6-14)11-15-2-1-7-20-15/h1-4,7-8,14H,5-6,10-11H2. The molecule has 1 heterocycles. The van der Waals surface area contributed by atoms with Gasteiger partial charge in [0.1, 0.15) is 5.82 Å². The van der Waals surface area contributed by atoms with Crippen molar-refractivity contribution in [1.29, 1.82) is 5.26 Å². The van der Waals surface area contributed by atoms with E-state index in [4.69, 9.17) is 5.26 Å². The number of hydrogen-bond acceptors (Lipinski definition) is 3. The summed E-state index contributed by atoms with van der Waals surface area (Å²) in [5.41, 5.74) is 1.05. The third-order valence-corrected chi connectivity index (χ3v) is 4.42. The molecule has 0 bridgehead atoms. The van der Waals surface area contributed by atoms with E-state index < -0.39 is 0 Å². The van der Waals surface area contributed by atoms with E-state index in [0.29, 0.717) is 23.7 Å². The highest BCUT2D eigenvalue weighted by atomic mass is 32.1. The van der Waals surface area contributed by atoms with Gasteiger partial charge in [0, 0.05) is 29.6 Å². The number of rotatable bonds is 5. The highest BCUT2D eigenvalue weighted by Gasteiger charge is 2.29. The van der Waals surface area contributed by atoms with Gasteiger partial charge < -0.3 is 0 Å². The van der Waals surface area contributed by atoms with Gasteiger partial charge in [-0.3, -0.25) is 4.90 Å².